The summed E-state index contributed by atoms with van der Waals surface area (Å²) in [6, 6.07) is 0. The molecular formula is C22H22F6N8O3S. The molecule has 3 rings (SSSR count). The second-order valence-electron chi connectivity index (χ2n) is 7.73. The largest absolute Gasteiger partial charge is 0.451 e. The van der Waals surface area contributed by atoms with Crippen molar-refractivity contribution in [3.8, 4) is 6.19 Å². The molecule has 11 nitrogen and oxygen atoms in total. The zero-order valence-corrected chi connectivity index (χ0v) is 22.0. The van der Waals surface area contributed by atoms with Gasteiger partial charge in [-0.25, -0.2) is 34.1 Å². The Morgan fingerprint density at radius 2 is 1.27 bits per heavy atom. The summed E-state index contributed by atoms with van der Waals surface area (Å²) in [6.45, 7) is 4.94. The first kappa shape index (κ1) is 33.9. The fourth-order valence-corrected chi connectivity index (χ4v) is 3.22. The molecule has 18 heteroatoms. The van der Waals surface area contributed by atoms with E-state index in [1.807, 2.05) is 0 Å². The van der Waals surface area contributed by atoms with Crippen molar-refractivity contribution >= 4 is 16.0 Å². The SMILES string of the molecule is CC(O)c1cnc(C(F)(F)F)nc1.Cc1ncc(C(C)S(C)(=O)=NC#N)cn1.O=Cc1cnc(C(F)(F)F)nc1. The zero-order chi connectivity index (χ0) is 30.7. The van der Waals surface area contributed by atoms with Crippen molar-refractivity contribution < 1.29 is 40.5 Å². The number of carbonyl (C=O) groups is 1. The van der Waals surface area contributed by atoms with Gasteiger partial charge in [-0.2, -0.15) is 31.6 Å². The maximum Gasteiger partial charge on any atom is 0.451 e. The van der Waals surface area contributed by atoms with Crippen molar-refractivity contribution in [1.29, 1.82) is 5.26 Å². The third kappa shape index (κ3) is 10.9. The molecule has 0 aliphatic carbocycles. The van der Waals surface area contributed by atoms with Gasteiger partial charge in [-0.3, -0.25) is 4.79 Å². The molecule has 1 N–H and O–H groups in total. The monoisotopic (exact) mass is 592 g/mol. The molecule has 3 heterocycles. The van der Waals surface area contributed by atoms with E-state index in [2.05, 4.69) is 34.3 Å². The molecule has 0 aliphatic heterocycles. The lowest BCUT2D eigenvalue weighted by Crippen LogP contribution is -2.11. The maximum absolute atomic E-state index is 11.9. The second kappa shape index (κ2) is 14.3. The van der Waals surface area contributed by atoms with E-state index in [0.717, 1.165) is 30.4 Å². The first-order valence-electron chi connectivity index (χ1n) is 10.7. The lowest BCUT2D eigenvalue weighted by atomic mass is 10.2. The van der Waals surface area contributed by atoms with Crippen molar-refractivity contribution in [2.75, 3.05) is 6.26 Å². The Morgan fingerprint density at radius 1 is 0.875 bits per heavy atom. The van der Waals surface area contributed by atoms with Crippen LogP contribution in [0.15, 0.2) is 41.5 Å². The van der Waals surface area contributed by atoms with Gasteiger partial charge in [0.25, 0.3) is 0 Å². The van der Waals surface area contributed by atoms with Gasteiger partial charge in [0.2, 0.25) is 17.8 Å². The highest BCUT2D eigenvalue weighted by Crippen LogP contribution is 2.26. The fourth-order valence-electron chi connectivity index (χ4n) is 2.27. The topological polar surface area (TPSA) is 168 Å². The number of nitrogens with zero attached hydrogens (tertiary/aromatic N) is 8. The minimum absolute atomic E-state index is 0.0167. The minimum Gasteiger partial charge on any atom is -0.389 e. The van der Waals surface area contributed by atoms with Crippen molar-refractivity contribution in [1.82, 2.24) is 29.9 Å². The number of hydrogen-bond acceptors (Lipinski definition) is 11. The Labute approximate surface area is 224 Å². The molecule has 3 unspecified atom stereocenters. The summed E-state index contributed by atoms with van der Waals surface area (Å²) in [5.74, 6) is -1.78. The molecule has 0 saturated heterocycles. The lowest BCUT2D eigenvalue weighted by Gasteiger charge is -2.11. The van der Waals surface area contributed by atoms with Crippen LogP contribution in [0.5, 0.6) is 0 Å². The van der Waals surface area contributed by atoms with Gasteiger partial charge < -0.3 is 5.11 Å². The van der Waals surface area contributed by atoms with Gasteiger partial charge in [0.1, 0.15) is 5.82 Å². The number of aromatic nitrogens is 6. The summed E-state index contributed by atoms with van der Waals surface area (Å²) in [5.41, 5.74) is 1.00. The van der Waals surface area contributed by atoms with Crippen LogP contribution in [-0.4, -0.2) is 51.8 Å². The smallest absolute Gasteiger partial charge is 0.389 e. The molecular weight excluding hydrogens is 570 g/mol. The average Bonchev–Trinajstić information content (AvgIpc) is 2.88. The number of halogens is 6. The van der Waals surface area contributed by atoms with Gasteiger partial charge in [-0.05, 0) is 20.8 Å². The third-order valence-electron chi connectivity index (χ3n) is 4.62. The Hall–Kier alpha value is -4.11. The summed E-state index contributed by atoms with van der Waals surface area (Å²) in [6.07, 6.45) is 0.260. The number of aldehydes is 1. The molecule has 3 aromatic heterocycles. The van der Waals surface area contributed by atoms with E-state index in [0.29, 0.717) is 12.1 Å². The van der Waals surface area contributed by atoms with Crippen LogP contribution in [0.2, 0.25) is 0 Å². The van der Waals surface area contributed by atoms with Crippen LogP contribution in [0.1, 0.15) is 64.2 Å². The molecule has 0 saturated carbocycles. The van der Waals surface area contributed by atoms with Gasteiger partial charge in [-0.1, -0.05) is 0 Å². The molecule has 0 aliphatic rings. The number of aliphatic hydroxyl groups is 1. The molecule has 0 amide bonds. The lowest BCUT2D eigenvalue weighted by molar-refractivity contribution is -0.145. The van der Waals surface area contributed by atoms with Crippen LogP contribution in [0, 0.1) is 18.4 Å². The summed E-state index contributed by atoms with van der Waals surface area (Å²) in [4.78, 5) is 30.1. The Morgan fingerprint density at radius 3 is 1.62 bits per heavy atom. The molecule has 3 atom stereocenters. The highest BCUT2D eigenvalue weighted by Gasteiger charge is 2.35. The van der Waals surface area contributed by atoms with Crippen LogP contribution in [0.4, 0.5) is 26.3 Å². The van der Waals surface area contributed by atoms with E-state index in [4.69, 9.17) is 10.4 Å². The summed E-state index contributed by atoms with van der Waals surface area (Å²) in [7, 11) is -2.54. The van der Waals surface area contributed by atoms with Gasteiger partial charge in [0, 0.05) is 54.6 Å². The Bertz CT molecular complexity index is 1400. The van der Waals surface area contributed by atoms with Crippen LogP contribution in [-0.2, 0) is 22.1 Å². The molecule has 0 radical (unpaired) electrons. The number of carbonyl (C=O) groups excluding carboxylic acids is 1. The maximum atomic E-state index is 11.9. The Balaban J connectivity index is 0.000000302. The van der Waals surface area contributed by atoms with Crippen molar-refractivity contribution in [3.63, 3.8) is 0 Å². The standard InChI is InChI=1S/C9H12N4OS.C7H7F3N2O.C6H3F3N2O/c1-7(15(3,14)13-6-10)9-4-11-8(2)12-5-9;1-4(13)5-2-11-6(12-3-5)7(8,9)10;7-6(8,9)5-10-1-4(3-12)2-11-5/h4-5,7H,1-3H3;2-4,13H,1H3;1-3H. The number of aryl methyl sites for hydroxylation is 1. The van der Waals surface area contributed by atoms with E-state index in [9.17, 15) is 35.3 Å². The Kier molecular flexibility index (Phi) is 12.1. The summed E-state index contributed by atoms with van der Waals surface area (Å²) >= 11 is 0. The van der Waals surface area contributed by atoms with Crippen molar-refractivity contribution in [2.45, 2.75) is 44.5 Å². The van der Waals surface area contributed by atoms with Gasteiger partial charge >= 0.3 is 12.4 Å². The third-order valence-corrected chi connectivity index (χ3v) is 6.65. The quantitative estimate of drug-likeness (QED) is 0.262. The first-order valence-corrected chi connectivity index (χ1v) is 12.7. The van der Waals surface area contributed by atoms with Crippen LogP contribution in [0.25, 0.3) is 0 Å². The van der Waals surface area contributed by atoms with E-state index >= 15 is 0 Å². The molecule has 0 fully saturated rings. The molecule has 3 aromatic rings. The van der Waals surface area contributed by atoms with Gasteiger partial charge in [-0.15, -0.1) is 4.36 Å². The van der Waals surface area contributed by atoms with Crippen LogP contribution < -0.4 is 0 Å². The molecule has 216 valence electrons. The van der Waals surface area contributed by atoms with E-state index in [1.165, 1.54) is 13.2 Å². The minimum atomic E-state index is -4.55. The van der Waals surface area contributed by atoms with Crippen LogP contribution >= 0.6 is 0 Å². The number of nitriles is 1. The van der Waals surface area contributed by atoms with Crippen molar-refractivity contribution in [2.24, 2.45) is 4.36 Å². The molecule has 40 heavy (non-hydrogen) atoms. The fraction of sp³-hybridized carbons (Fsp3) is 0.364. The predicted molar refractivity (Wildman–Crippen MR) is 127 cm³/mol. The normalized spacial score (nSPS) is 14.1. The highest BCUT2D eigenvalue weighted by molar-refractivity contribution is 7.93. The predicted octanol–water partition coefficient (Wildman–Crippen LogP) is 4.28. The molecule has 0 spiro atoms. The average molecular weight is 593 g/mol. The van der Waals surface area contributed by atoms with Gasteiger partial charge in [0.15, 0.2) is 6.29 Å². The first-order chi connectivity index (χ1) is 18.4. The highest BCUT2D eigenvalue weighted by atomic mass is 32.2. The van der Waals surface area contributed by atoms with E-state index in [-0.39, 0.29) is 16.4 Å². The van der Waals surface area contributed by atoms with E-state index < -0.39 is 39.8 Å². The summed E-state index contributed by atoms with van der Waals surface area (Å²) < 4.78 is 86.6. The van der Waals surface area contributed by atoms with Crippen molar-refractivity contribution in [3.05, 3.63) is 71.3 Å². The van der Waals surface area contributed by atoms with Crippen LogP contribution in [0.3, 0.4) is 0 Å². The van der Waals surface area contributed by atoms with Gasteiger partial charge in [0.05, 0.1) is 26.6 Å². The van der Waals surface area contributed by atoms with E-state index in [1.54, 1.807) is 32.4 Å². The number of alkyl halides is 6. The number of aliphatic hydroxyl groups excluding tert-OH is 1. The zero-order valence-electron chi connectivity index (χ0n) is 21.2. The molecule has 0 aromatic carbocycles. The second-order valence-corrected chi connectivity index (χ2v) is 10.3. The summed E-state index contributed by atoms with van der Waals surface area (Å²) in [5, 5.41) is 17.0. The number of rotatable bonds is 4. The number of hydrogen-bond donors (Lipinski definition) is 1. The molecule has 0 bridgehead atoms.